The lowest BCUT2D eigenvalue weighted by Gasteiger charge is -2.14. The SMILES string of the molecule is O=C(NCCC#Cc1ccc2nc[nH]c2c1)OCC1c2ccccc2-c2ccccc21. The van der Waals surface area contributed by atoms with Gasteiger partial charge in [0.25, 0.3) is 0 Å². The molecular weight excluding hydrogens is 386 g/mol. The Morgan fingerprint density at radius 3 is 2.55 bits per heavy atom. The van der Waals surface area contributed by atoms with Crippen LogP contribution in [0.25, 0.3) is 22.2 Å². The molecule has 31 heavy (non-hydrogen) atoms. The van der Waals surface area contributed by atoms with Gasteiger partial charge < -0.3 is 15.0 Å². The molecule has 3 aromatic carbocycles. The molecule has 0 atom stereocenters. The summed E-state index contributed by atoms with van der Waals surface area (Å²) < 4.78 is 5.53. The van der Waals surface area contributed by atoms with Crippen molar-refractivity contribution in [2.45, 2.75) is 12.3 Å². The molecule has 5 heteroatoms. The fourth-order valence-corrected chi connectivity index (χ4v) is 4.05. The molecule has 1 aliphatic rings. The molecule has 0 unspecified atom stereocenters. The number of rotatable bonds is 4. The van der Waals surface area contributed by atoms with Crippen LogP contribution in [-0.2, 0) is 4.74 Å². The molecular formula is C26H21N3O2. The van der Waals surface area contributed by atoms with Gasteiger partial charge in [0.05, 0.1) is 17.4 Å². The summed E-state index contributed by atoms with van der Waals surface area (Å²) in [5.41, 5.74) is 7.64. The third-order valence-corrected chi connectivity index (χ3v) is 5.52. The highest BCUT2D eigenvalue weighted by Crippen LogP contribution is 2.44. The number of H-pyrrole nitrogens is 1. The minimum Gasteiger partial charge on any atom is -0.449 e. The van der Waals surface area contributed by atoms with E-state index in [-0.39, 0.29) is 5.92 Å². The van der Waals surface area contributed by atoms with E-state index in [0.29, 0.717) is 19.6 Å². The fraction of sp³-hybridized carbons (Fsp3) is 0.154. The van der Waals surface area contributed by atoms with Crippen molar-refractivity contribution in [2.24, 2.45) is 0 Å². The Balaban J connectivity index is 1.14. The summed E-state index contributed by atoms with van der Waals surface area (Å²) in [6.07, 6.45) is 1.80. The van der Waals surface area contributed by atoms with Crippen LogP contribution in [0.4, 0.5) is 4.79 Å². The van der Waals surface area contributed by atoms with E-state index >= 15 is 0 Å². The number of fused-ring (bicyclic) bond motifs is 4. The number of hydrogen-bond donors (Lipinski definition) is 2. The Kier molecular flexibility index (Phi) is 5.12. The Bertz CT molecular complexity index is 1270. The minimum atomic E-state index is -0.414. The van der Waals surface area contributed by atoms with E-state index in [1.54, 1.807) is 6.33 Å². The quantitative estimate of drug-likeness (QED) is 0.376. The molecule has 1 amide bonds. The van der Waals surface area contributed by atoms with Crippen molar-refractivity contribution in [2.75, 3.05) is 13.2 Å². The largest absolute Gasteiger partial charge is 0.449 e. The van der Waals surface area contributed by atoms with Gasteiger partial charge in [-0.25, -0.2) is 9.78 Å². The number of alkyl carbamates (subject to hydrolysis) is 1. The zero-order valence-corrected chi connectivity index (χ0v) is 16.9. The van der Waals surface area contributed by atoms with Crippen LogP contribution in [0, 0.1) is 11.8 Å². The fourth-order valence-electron chi connectivity index (χ4n) is 4.05. The second-order valence-electron chi connectivity index (χ2n) is 7.44. The van der Waals surface area contributed by atoms with Gasteiger partial charge in [-0.15, -0.1) is 0 Å². The number of carbonyl (C=O) groups excluding carboxylic acids is 1. The van der Waals surface area contributed by atoms with Crippen molar-refractivity contribution >= 4 is 17.1 Å². The Morgan fingerprint density at radius 2 is 1.77 bits per heavy atom. The van der Waals surface area contributed by atoms with E-state index in [9.17, 15) is 4.79 Å². The maximum atomic E-state index is 12.2. The summed E-state index contributed by atoms with van der Waals surface area (Å²) in [6, 6.07) is 22.4. The van der Waals surface area contributed by atoms with E-state index in [2.05, 4.69) is 51.4 Å². The van der Waals surface area contributed by atoms with Gasteiger partial charge in [-0.2, -0.15) is 0 Å². The predicted molar refractivity (Wildman–Crippen MR) is 121 cm³/mol. The Labute approximate surface area is 180 Å². The van der Waals surface area contributed by atoms with Gasteiger partial charge in [0.2, 0.25) is 0 Å². The number of nitrogens with zero attached hydrogens (tertiary/aromatic N) is 1. The molecule has 0 radical (unpaired) electrons. The molecule has 0 spiro atoms. The highest BCUT2D eigenvalue weighted by Gasteiger charge is 2.28. The van der Waals surface area contributed by atoms with Crippen molar-refractivity contribution in [3.8, 4) is 23.0 Å². The Hall–Kier alpha value is -4.04. The first kappa shape index (κ1) is 19.0. The highest BCUT2D eigenvalue weighted by atomic mass is 16.5. The summed E-state index contributed by atoms with van der Waals surface area (Å²) in [6.45, 7) is 0.756. The zero-order valence-electron chi connectivity index (χ0n) is 16.9. The second-order valence-corrected chi connectivity index (χ2v) is 7.44. The van der Waals surface area contributed by atoms with Crippen LogP contribution in [0.5, 0.6) is 0 Å². The lowest BCUT2D eigenvalue weighted by atomic mass is 9.98. The molecule has 5 nitrogen and oxygen atoms in total. The third kappa shape index (κ3) is 3.88. The molecule has 1 heterocycles. The topological polar surface area (TPSA) is 67.0 Å². The van der Waals surface area contributed by atoms with Gasteiger partial charge >= 0.3 is 6.09 Å². The highest BCUT2D eigenvalue weighted by molar-refractivity contribution is 5.79. The van der Waals surface area contributed by atoms with Crippen LogP contribution in [-0.4, -0.2) is 29.2 Å². The summed E-state index contributed by atoms with van der Waals surface area (Å²) in [7, 11) is 0. The van der Waals surface area contributed by atoms with E-state index in [0.717, 1.165) is 16.6 Å². The van der Waals surface area contributed by atoms with E-state index in [1.807, 2.05) is 42.5 Å². The van der Waals surface area contributed by atoms with Gasteiger partial charge in [0.15, 0.2) is 0 Å². The number of amides is 1. The lowest BCUT2D eigenvalue weighted by Crippen LogP contribution is -2.26. The van der Waals surface area contributed by atoms with Crippen LogP contribution in [0.3, 0.4) is 0 Å². The molecule has 0 aliphatic heterocycles. The van der Waals surface area contributed by atoms with Crippen LogP contribution in [0.2, 0.25) is 0 Å². The van der Waals surface area contributed by atoms with E-state index in [4.69, 9.17) is 4.74 Å². The minimum absolute atomic E-state index is 0.0651. The first-order chi connectivity index (χ1) is 15.3. The number of aromatic amines is 1. The number of hydrogen-bond acceptors (Lipinski definition) is 3. The number of imidazole rings is 1. The number of aromatic nitrogens is 2. The third-order valence-electron chi connectivity index (χ3n) is 5.52. The van der Waals surface area contributed by atoms with Crippen molar-refractivity contribution < 1.29 is 9.53 Å². The molecule has 0 bridgehead atoms. The smallest absolute Gasteiger partial charge is 0.407 e. The standard InChI is InChI=1S/C26H21N3O2/c30-26(27-14-6-5-7-18-12-13-24-25(15-18)29-17-28-24)31-16-23-21-10-3-1-8-19(21)20-9-2-4-11-22(20)23/h1-4,8-13,15,17,23H,6,14,16H2,(H,27,30)(H,28,29). The molecule has 152 valence electrons. The van der Waals surface area contributed by atoms with Gasteiger partial charge in [0.1, 0.15) is 6.61 Å². The molecule has 5 rings (SSSR count). The molecule has 0 saturated carbocycles. The number of ether oxygens (including phenoxy) is 1. The zero-order chi connectivity index (χ0) is 21.0. The number of carbonyl (C=O) groups is 1. The van der Waals surface area contributed by atoms with Crippen molar-refractivity contribution in [1.29, 1.82) is 0 Å². The van der Waals surface area contributed by atoms with E-state index in [1.165, 1.54) is 22.3 Å². The average molecular weight is 407 g/mol. The maximum absolute atomic E-state index is 12.2. The maximum Gasteiger partial charge on any atom is 0.407 e. The molecule has 0 saturated heterocycles. The summed E-state index contributed by atoms with van der Waals surface area (Å²) in [5, 5.41) is 2.79. The number of nitrogens with one attached hydrogen (secondary N) is 2. The van der Waals surface area contributed by atoms with Crippen molar-refractivity contribution in [3.05, 3.63) is 89.7 Å². The van der Waals surface area contributed by atoms with Crippen molar-refractivity contribution in [3.63, 3.8) is 0 Å². The first-order valence-electron chi connectivity index (χ1n) is 10.3. The first-order valence-corrected chi connectivity index (χ1v) is 10.3. The van der Waals surface area contributed by atoms with Crippen LogP contribution < -0.4 is 5.32 Å². The summed E-state index contributed by atoms with van der Waals surface area (Å²) >= 11 is 0. The molecule has 1 aliphatic carbocycles. The van der Waals surface area contributed by atoms with Crippen LogP contribution >= 0.6 is 0 Å². The van der Waals surface area contributed by atoms with Crippen molar-refractivity contribution in [1.82, 2.24) is 15.3 Å². The molecule has 4 aromatic rings. The molecule has 1 aromatic heterocycles. The number of benzene rings is 3. The van der Waals surface area contributed by atoms with Gasteiger partial charge in [-0.1, -0.05) is 60.4 Å². The predicted octanol–water partition coefficient (Wildman–Crippen LogP) is 4.84. The average Bonchev–Trinajstić information content (AvgIpc) is 3.40. The normalized spacial score (nSPS) is 12.0. The molecule has 0 fully saturated rings. The lowest BCUT2D eigenvalue weighted by molar-refractivity contribution is 0.143. The Morgan fingerprint density at radius 1 is 1.03 bits per heavy atom. The summed E-state index contributed by atoms with van der Waals surface area (Å²) in [5.74, 6) is 6.26. The summed E-state index contributed by atoms with van der Waals surface area (Å²) in [4.78, 5) is 19.4. The second kappa shape index (κ2) is 8.37. The van der Waals surface area contributed by atoms with Gasteiger partial charge in [-0.3, -0.25) is 0 Å². The van der Waals surface area contributed by atoms with Gasteiger partial charge in [-0.05, 0) is 40.5 Å². The van der Waals surface area contributed by atoms with E-state index < -0.39 is 6.09 Å². The van der Waals surface area contributed by atoms with Crippen LogP contribution in [0.15, 0.2) is 73.1 Å². The monoisotopic (exact) mass is 407 g/mol. The van der Waals surface area contributed by atoms with Crippen LogP contribution in [0.1, 0.15) is 29.0 Å². The molecule has 2 N–H and O–H groups in total. The van der Waals surface area contributed by atoms with Gasteiger partial charge in [0, 0.05) is 24.4 Å².